The third-order valence-corrected chi connectivity index (χ3v) is 5.77. The molecule has 2 aromatic rings. The van der Waals surface area contributed by atoms with Crippen molar-refractivity contribution in [3.63, 3.8) is 0 Å². The molecule has 10 nitrogen and oxygen atoms in total. The van der Waals surface area contributed by atoms with E-state index < -0.39 is 14.9 Å². The predicted octanol–water partition coefficient (Wildman–Crippen LogP) is 1.46. The molecule has 3 rings (SSSR count). The molecule has 11 heteroatoms. The normalized spacial score (nSPS) is 15.7. The van der Waals surface area contributed by atoms with Crippen LogP contribution in [0.5, 0.6) is 0 Å². The number of ether oxygens (including phenoxy) is 1. The Morgan fingerprint density at radius 3 is 2.59 bits per heavy atom. The maximum Gasteiger partial charge on any atom is 0.295 e. The lowest BCUT2D eigenvalue weighted by Gasteiger charge is -2.26. The number of nitro groups is 1. The van der Waals surface area contributed by atoms with Crippen molar-refractivity contribution in [1.82, 2.24) is 9.29 Å². The fraction of sp³-hybridized carbons (Fsp3) is 0.250. The molecule has 27 heavy (non-hydrogen) atoms. The maximum absolute atomic E-state index is 12.7. The number of aromatic nitrogens is 1. The van der Waals surface area contributed by atoms with Gasteiger partial charge in [0.05, 0.1) is 29.2 Å². The van der Waals surface area contributed by atoms with E-state index in [2.05, 4.69) is 15.5 Å². The Labute approximate surface area is 155 Å². The zero-order valence-corrected chi connectivity index (χ0v) is 15.0. The average molecular weight is 391 g/mol. The van der Waals surface area contributed by atoms with Crippen molar-refractivity contribution >= 4 is 27.6 Å². The Kier molecular flexibility index (Phi) is 5.74. The molecule has 1 N–H and O–H groups in total. The van der Waals surface area contributed by atoms with Crippen LogP contribution in [0.15, 0.2) is 52.7 Å². The largest absolute Gasteiger partial charge is 0.379 e. The molecule has 0 saturated carbocycles. The van der Waals surface area contributed by atoms with Crippen LogP contribution in [-0.4, -0.2) is 55.1 Å². The number of nitrogens with one attached hydrogen (secondary N) is 1. The molecule has 1 aliphatic rings. The lowest BCUT2D eigenvalue weighted by atomic mass is 10.3. The van der Waals surface area contributed by atoms with Crippen molar-refractivity contribution in [1.29, 1.82) is 0 Å². The SMILES string of the molecule is O=[N+]([O-])c1cc(S(=O)(=O)N2CCOCC2)ccc1N/N=C\c1ccncc1. The first kappa shape index (κ1) is 18.9. The van der Waals surface area contributed by atoms with Gasteiger partial charge in [-0.25, -0.2) is 8.42 Å². The molecule has 2 heterocycles. The molecule has 0 radical (unpaired) electrons. The topological polar surface area (TPSA) is 127 Å². The number of sulfonamides is 1. The zero-order valence-electron chi connectivity index (χ0n) is 14.2. The van der Waals surface area contributed by atoms with Crippen LogP contribution < -0.4 is 5.43 Å². The highest BCUT2D eigenvalue weighted by Gasteiger charge is 2.28. The number of benzene rings is 1. The first-order valence-corrected chi connectivity index (χ1v) is 9.48. The second kappa shape index (κ2) is 8.20. The summed E-state index contributed by atoms with van der Waals surface area (Å²) in [4.78, 5) is 14.5. The summed E-state index contributed by atoms with van der Waals surface area (Å²) >= 11 is 0. The van der Waals surface area contributed by atoms with Crippen LogP contribution in [0.1, 0.15) is 5.56 Å². The second-order valence-corrected chi connectivity index (χ2v) is 7.54. The fourth-order valence-corrected chi connectivity index (χ4v) is 3.91. The van der Waals surface area contributed by atoms with E-state index in [0.29, 0.717) is 13.2 Å². The van der Waals surface area contributed by atoms with E-state index in [-0.39, 0.29) is 29.4 Å². The molecule has 0 spiro atoms. The zero-order chi connectivity index (χ0) is 19.3. The molecular formula is C16H17N5O5S. The predicted molar refractivity (Wildman–Crippen MR) is 98.1 cm³/mol. The van der Waals surface area contributed by atoms with E-state index in [4.69, 9.17) is 4.74 Å². The minimum Gasteiger partial charge on any atom is -0.379 e. The minimum atomic E-state index is -3.82. The van der Waals surface area contributed by atoms with Gasteiger partial charge in [-0.1, -0.05) is 0 Å². The van der Waals surface area contributed by atoms with Gasteiger partial charge in [-0.3, -0.25) is 20.5 Å². The van der Waals surface area contributed by atoms with Gasteiger partial charge in [0.2, 0.25) is 10.0 Å². The number of rotatable bonds is 6. The summed E-state index contributed by atoms with van der Waals surface area (Å²) in [5.41, 5.74) is 3.05. The number of hydrazone groups is 1. The van der Waals surface area contributed by atoms with E-state index in [1.165, 1.54) is 22.7 Å². The maximum atomic E-state index is 12.7. The van der Waals surface area contributed by atoms with Gasteiger partial charge in [0.1, 0.15) is 5.69 Å². The van der Waals surface area contributed by atoms with Crippen LogP contribution >= 0.6 is 0 Å². The number of pyridine rings is 1. The van der Waals surface area contributed by atoms with Gasteiger partial charge >= 0.3 is 0 Å². The molecule has 0 bridgehead atoms. The van der Waals surface area contributed by atoms with Crippen molar-refractivity contribution in [2.75, 3.05) is 31.7 Å². The highest BCUT2D eigenvalue weighted by molar-refractivity contribution is 7.89. The minimum absolute atomic E-state index is 0.0891. The second-order valence-electron chi connectivity index (χ2n) is 5.60. The lowest BCUT2D eigenvalue weighted by Crippen LogP contribution is -2.40. The van der Waals surface area contributed by atoms with Gasteiger partial charge in [0.25, 0.3) is 5.69 Å². The Morgan fingerprint density at radius 2 is 1.93 bits per heavy atom. The summed E-state index contributed by atoms with van der Waals surface area (Å²) in [5, 5.41) is 15.3. The monoisotopic (exact) mass is 391 g/mol. The average Bonchev–Trinajstić information content (AvgIpc) is 2.69. The third-order valence-electron chi connectivity index (χ3n) is 3.88. The van der Waals surface area contributed by atoms with E-state index in [1.807, 2.05) is 0 Å². The van der Waals surface area contributed by atoms with Gasteiger partial charge in [0.15, 0.2) is 0 Å². The summed E-state index contributed by atoms with van der Waals surface area (Å²) in [7, 11) is -3.82. The quantitative estimate of drug-likeness (QED) is 0.448. The van der Waals surface area contributed by atoms with Gasteiger partial charge < -0.3 is 4.74 Å². The van der Waals surface area contributed by atoms with E-state index in [0.717, 1.165) is 11.6 Å². The Hall–Kier alpha value is -2.89. The molecule has 1 fully saturated rings. The summed E-state index contributed by atoms with van der Waals surface area (Å²) in [6.45, 7) is 1.02. The number of anilines is 1. The highest BCUT2D eigenvalue weighted by atomic mass is 32.2. The standard InChI is InChI=1S/C16H17N5O5S/c22-21(23)16-11-14(27(24,25)20-7-9-26-10-8-20)1-2-15(16)19-18-12-13-3-5-17-6-4-13/h1-6,11-12,19H,7-10H2/b18-12-. The molecule has 1 aliphatic heterocycles. The van der Waals surface area contributed by atoms with Crippen LogP contribution in [0, 0.1) is 10.1 Å². The Bertz CT molecular complexity index is 943. The highest BCUT2D eigenvalue weighted by Crippen LogP contribution is 2.29. The number of hydrogen-bond donors (Lipinski definition) is 1. The third kappa shape index (κ3) is 4.45. The van der Waals surface area contributed by atoms with Crippen LogP contribution in [0.25, 0.3) is 0 Å². The van der Waals surface area contributed by atoms with E-state index in [1.54, 1.807) is 24.5 Å². The van der Waals surface area contributed by atoms with Gasteiger partial charge in [0, 0.05) is 31.5 Å². The molecule has 1 saturated heterocycles. The van der Waals surface area contributed by atoms with Gasteiger partial charge in [-0.15, -0.1) is 0 Å². The number of morpholine rings is 1. The van der Waals surface area contributed by atoms with Crippen molar-refractivity contribution in [2.45, 2.75) is 4.90 Å². The first-order chi connectivity index (χ1) is 13.0. The molecule has 0 amide bonds. The molecule has 0 atom stereocenters. The smallest absolute Gasteiger partial charge is 0.295 e. The molecule has 1 aromatic carbocycles. The summed E-state index contributed by atoms with van der Waals surface area (Å²) in [6, 6.07) is 7.13. The molecule has 1 aromatic heterocycles. The number of nitro benzene ring substituents is 1. The van der Waals surface area contributed by atoms with Crippen LogP contribution in [0.3, 0.4) is 0 Å². The number of nitrogens with zero attached hydrogens (tertiary/aromatic N) is 4. The summed E-state index contributed by atoms with van der Waals surface area (Å²) in [5.74, 6) is 0. The Morgan fingerprint density at radius 1 is 1.22 bits per heavy atom. The Balaban J connectivity index is 1.84. The van der Waals surface area contributed by atoms with Crippen molar-refractivity contribution < 1.29 is 18.1 Å². The van der Waals surface area contributed by atoms with Crippen LogP contribution in [0.2, 0.25) is 0 Å². The van der Waals surface area contributed by atoms with Crippen LogP contribution in [-0.2, 0) is 14.8 Å². The van der Waals surface area contributed by atoms with Crippen molar-refractivity contribution in [2.24, 2.45) is 5.10 Å². The van der Waals surface area contributed by atoms with E-state index in [9.17, 15) is 18.5 Å². The number of hydrogen-bond acceptors (Lipinski definition) is 8. The van der Waals surface area contributed by atoms with E-state index >= 15 is 0 Å². The summed E-state index contributed by atoms with van der Waals surface area (Å²) < 4.78 is 31.7. The molecule has 0 aliphatic carbocycles. The first-order valence-electron chi connectivity index (χ1n) is 8.04. The lowest BCUT2D eigenvalue weighted by molar-refractivity contribution is -0.384. The molecular weight excluding hydrogens is 374 g/mol. The molecule has 142 valence electrons. The van der Waals surface area contributed by atoms with Gasteiger partial charge in [-0.2, -0.15) is 9.41 Å². The summed E-state index contributed by atoms with van der Waals surface area (Å²) in [6.07, 6.45) is 4.66. The fourth-order valence-electron chi connectivity index (χ4n) is 2.48. The molecule has 0 unspecified atom stereocenters. The van der Waals surface area contributed by atoms with Gasteiger partial charge in [-0.05, 0) is 29.8 Å². The van der Waals surface area contributed by atoms with Crippen molar-refractivity contribution in [3.05, 3.63) is 58.4 Å². The van der Waals surface area contributed by atoms with Crippen LogP contribution in [0.4, 0.5) is 11.4 Å². The van der Waals surface area contributed by atoms with Crippen molar-refractivity contribution in [3.8, 4) is 0 Å².